The average Bonchev–Trinajstić information content (AvgIpc) is 2.46. The van der Waals surface area contributed by atoms with Gasteiger partial charge < -0.3 is 15.4 Å². The van der Waals surface area contributed by atoms with Crippen molar-refractivity contribution in [3.8, 4) is 12.3 Å². The fraction of sp³-hybridized carbons (Fsp3) is 0.357. The van der Waals surface area contributed by atoms with Gasteiger partial charge in [0.25, 0.3) is 0 Å². The third-order valence-electron chi connectivity index (χ3n) is 3.01. The summed E-state index contributed by atoms with van der Waals surface area (Å²) in [6.45, 7) is 2.48. The zero-order chi connectivity index (χ0) is 14.5. The van der Waals surface area contributed by atoms with Crippen molar-refractivity contribution in [1.29, 1.82) is 0 Å². The van der Waals surface area contributed by atoms with Crippen LogP contribution in [0.15, 0.2) is 23.2 Å². The summed E-state index contributed by atoms with van der Waals surface area (Å²) in [7, 11) is 0. The Hall–Kier alpha value is -1.77. The Kier molecular flexibility index (Phi) is 4.83. The van der Waals surface area contributed by atoms with E-state index in [2.05, 4.69) is 10.9 Å². The maximum absolute atomic E-state index is 13.9. The number of guanidine groups is 1. The standard InChI is InChI=1S/C14H15ClFN3O/c1-2-13(11-4-3-10(15)9-12(11)16)18-14(17)19-5-7-20-8-6-19/h1,3-4,9,13H,5-8H2,(H2,17,18). The van der Waals surface area contributed by atoms with E-state index < -0.39 is 11.9 Å². The van der Waals surface area contributed by atoms with Crippen LogP contribution in [0, 0.1) is 18.2 Å². The van der Waals surface area contributed by atoms with Crippen molar-refractivity contribution >= 4 is 17.6 Å². The third-order valence-corrected chi connectivity index (χ3v) is 3.25. The lowest BCUT2D eigenvalue weighted by atomic mass is 10.1. The largest absolute Gasteiger partial charge is 0.378 e. The highest BCUT2D eigenvalue weighted by Gasteiger charge is 2.17. The second-order valence-electron chi connectivity index (χ2n) is 4.32. The normalized spacial score (nSPS) is 17.6. The zero-order valence-corrected chi connectivity index (χ0v) is 11.6. The molecule has 0 bridgehead atoms. The van der Waals surface area contributed by atoms with Crippen LogP contribution in [0.1, 0.15) is 11.6 Å². The number of aliphatic imine (C=N–C) groups is 1. The van der Waals surface area contributed by atoms with Gasteiger partial charge in [-0.15, -0.1) is 6.42 Å². The van der Waals surface area contributed by atoms with E-state index in [0.29, 0.717) is 37.3 Å². The fourth-order valence-electron chi connectivity index (χ4n) is 1.93. The summed E-state index contributed by atoms with van der Waals surface area (Å²) in [5, 5.41) is 0.312. The molecule has 4 nitrogen and oxygen atoms in total. The predicted octanol–water partition coefficient (Wildman–Crippen LogP) is 1.80. The molecular weight excluding hydrogens is 281 g/mol. The SMILES string of the molecule is C#CC(N=C(N)N1CCOCC1)c1ccc(Cl)cc1F. The van der Waals surface area contributed by atoms with Gasteiger partial charge >= 0.3 is 0 Å². The Morgan fingerprint density at radius 3 is 2.80 bits per heavy atom. The van der Waals surface area contributed by atoms with Crippen LogP contribution in [-0.4, -0.2) is 37.2 Å². The van der Waals surface area contributed by atoms with Crippen molar-refractivity contribution in [2.45, 2.75) is 6.04 Å². The number of halogens is 2. The highest BCUT2D eigenvalue weighted by Crippen LogP contribution is 2.23. The van der Waals surface area contributed by atoms with Crippen LogP contribution in [0.3, 0.4) is 0 Å². The molecule has 0 amide bonds. The van der Waals surface area contributed by atoms with E-state index in [9.17, 15) is 4.39 Å². The molecule has 2 rings (SSSR count). The fourth-order valence-corrected chi connectivity index (χ4v) is 2.09. The van der Waals surface area contributed by atoms with Crippen molar-refractivity contribution in [1.82, 2.24) is 4.90 Å². The van der Waals surface area contributed by atoms with Crippen molar-refractivity contribution in [3.63, 3.8) is 0 Å². The minimum Gasteiger partial charge on any atom is -0.378 e. The van der Waals surface area contributed by atoms with Gasteiger partial charge in [0, 0.05) is 23.7 Å². The molecule has 0 aromatic heterocycles. The first kappa shape index (κ1) is 14.6. The van der Waals surface area contributed by atoms with E-state index >= 15 is 0 Å². The molecule has 6 heteroatoms. The maximum atomic E-state index is 13.9. The Bertz CT molecular complexity index is 550. The Morgan fingerprint density at radius 2 is 2.20 bits per heavy atom. The number of ether oxygens (including phenoxy) is 1. The summed E-state index contributed by atoms with van der Waals surface area (Å²) >= 11 is 5.72. The van der Waals surface area contributed by atoms with Gasteiger partial charge in [-0.05, 0) is 12.1 Å². The van der Waals surface area contributed by atoms with Gasteiger partial charge in [-0.2, -0.15) is 0 Å². The summed E-state index contributed by atoms with van der Waals surface area (Å²) in [6, 6.07) is 3.54. The Labute approximate surface area is 122 Å². The summed E-state index contributed by atoms with van der Waals surface area (Å²) in [4.78, 5) is 6.09. The number of terminal acetylenes is 1. The lowest BCUT2D eigenvalue weighted by Crippen LogP contribution is -2.45. The van der Waals surface area contributed by atoms with Gasteiger partial charge in [0.05, 0.1) is 13.2 Å². The highest BCUT2D eigenvalue weighted by atomic mass is 35.5. The summed E-state index contributed by atoms with van der Waals surface area (Å²) < 4.78 is 19.1. The van der Waals surface area contributed by atoms with Crippen LogP contribution >= 0.6 is 11.6 Å². The molecule has 1 aliphatic heterocycles. The van der Waals surface area contributed by atoms with Crippen molar-refractivity contribution in [2.75, 3.05) is 26.3 Å². The van der Waals surface area contributed by atoms with Gasteiger partial charge in [-0.3, -0.25) is 0 Å². The molecule has 0 spiro atoms. The first-order valence-corrected chi connectivity index (χ1v) is 6.56. The molecular formula is C14H15ClFN3O. The molecule has 1 heterocycles. The highest BCUT2D eigenvalue weighted by molar-refractivity contribution is 6.30. The number of morpholine rings is 1. The van der Waals surface area contributed by atoms with Gasteiger partial charge in [-0.1, -0.05) is 23.6 Å². The monoisotopic (exact) mass is 295 g/mol. The first-order chi connectivity index (χ1) is 9.61. The lowest BCUT2D eigenvalue weighted by Gasteiger charge is -2.28. The number of nitrogens with zero attached hydrogens (tertiary/aromatic N) is 2. The van der Waals surface area contributed by atoms with Gasteiger partial charge in [0.1, 0.15) is 11.9 Å². The molecule has 106 valence electrons. The van der Waals surface area contributed by atoms with Crippen LogP contribution < -0.4 is 5.73 Å². The molecule has 1 unspecified atom stereocenters. The molecule has 0 saturated carbocycles. The van der Waals surface area contributed by atoms with Gasteiger partial charge in [0.15, 0.2) is 5.96 Å². The van der Waals surface area contributed by atoms with Crippen LogP contribution in [0.5, 0.6) is 0 Å². The third kappa shape index (κ3) is 3.41. The van der Waals surface area contributed by atoms with E-state index in [4.69, 9.17) is 28.5 Å². The maximum Gasteiger partial charge on any atom is 0.193 e. The molecule has 1 atom stereocenters. The molecule has 20 heavy (non-hydrogen) atoms. The molecule has 1 aliphatic rings. The molecule has 2 N–H and O–H groups in total. The topological polar surface area (TPSA) is 50.8 Å². The van der Waals surface area contributed by atoms with Crippen molar-refractivity contribution < 1.29 is 9.13 Å². The molecule has 1 saturated heterocycles. The van der Waals surface area contributed by atoms with Crippen LogP contribution in [-0.2, 0) is 4.74 Å². The molecule has 1 aromatic rings. The Balaban J connectivity index is 2.21. The summed E-state index contributed by atoms with van der Waals surface area (Å²) in [5.74, 6) is 2.25. The average molecular weight is 296 g/mol. The first-order valence-electron chi connectivity index (χ1n) is 6.19. The number of rotatable bonds is 2. The van der Waals surface area contributed by atoms with Gasteiger partial charge in [-0.25, -0.2) is 9.38 Å². The summed E-state index contributed by atoms with van der Waals surface area (Å²) in [5.41, 5.74) is 6.20. The van der Waals surface area contributed by atoms with Crippen LogP contribution in [0.2, 0.25) is 5.02 Å². The summed E-state index contributed by atoms with van der Waals surface area (Å²) in [6.07, 6.45) is 5.43. The minimum atomic E-state index is -0.768. The minimum absolute atomic E-state index is 0.285. The van der Waals surface area contributed by atoms with E-state index in [1.54, 1.807) is 6.07 Å². The lowest BCUT2D eigenvalue weighted by molar-refractivity contribution is 0.0673. The van der Waals surface area contributed by atoms with Gasteiger partial charge in [0.2, 0.25) is 0 Å². The van der Waals surface area contributed by atoms with E-state index in [1.165, 1.54) is 12.1 Å². The predicted molar refractivity (Wildman–Crippen MR) is 77.0 cm³/mol. The second kappa shape index (κ2) is 6.60. The van der Waals surface area contributed by atoms with Crippen molar-refractivity contribution in [3.05, 3.63) is 34.6 Å². The molecule has 1 fully saturated rings. The van der Waals surface area contributed by atoms with Crippen LogP contribution in [0.4, 0.5) is 4.39 Å². The molecule has 1 aromatic carbocycles. The quantitative estimate of drug-likeness (QED) is 0.514. The molecule has 0 aliphatic carbocycles. The number of nitrogens with two attached hydrogens (primary N) is 1. The van der Waals surface area contributed by atoms with Crippen LogP contribution in [0.25, 0.3) is 0 Å². The number of benzene rings is 1. The molecule has 0 radical (unpaired) electrons. The second-order valence-corrected chi connectivity index (χ2v) is 4.76. The Morgan fingerprint density at radius 1 is 1.50 bits per heavy atom. The van der Waals surface area contributed by atoms with Crippen molar-refractivity contribution in [2.24, 2.45) is 10.7 Å². The smallest absolute Gasteiger partial charge is 0.193 e. The van der Waals surface area contributed by atoms with E-state index in [0.717, 1.165) is 0 Å². The zero-order valence-electron chi connectivity index (χ0n) is 10.9. The number of hydrogen-bond donors (Lipinski definition) is 1. The number of hydrogen-bond acceptors (Lipinski definition) is 2. The van der Waals surface area contributed by atoms with E-state index in [1.807, 2.05) is 4.90 Å². The van der Waals surface area contributed by atoms with E-state index in [-0.39, 0.29) is 5.56 Å².